The van der Waals surface area contributed by atoms with Crippen molar-refractivity contribution in [3.8, 4) is 0 Å². The largest absolute Gasteiger partial charge is 0.330 e. The summed E-state index contributed by atoms with van der Waals surface area (Å²) in [5, 5.41) is 0. The molecule has 0 atom stereocenters. The van der Waals surface area contributed by atoms with Crippen molar-refractivity contribution in [1.29, 1.82) is 0 Å². The fourth-order valence-corrected chi connectivity index (χ4v) is 2.25. The van der Waals surface area contributed by atoms with E-state index in [1.165, 1.54) is 0 Å². The number of pyridine rings is 1. The van der Waals surface area contributed by atoms with Gasteiger partial charge in [0.05, 0.1) is 5.56 Å². The Morgan fingerprint density at radius 2 is 2.05 bits per heavy atom. The Morgan fingerprint density at radius 1 is 1.24 bits per heavy atom. The Bertz CT molecular complexity index is 625. The van der Waals surface area contributed by atoms with Crippen molar-refractivity contribution >= 4 is 11.6 Å². The number of aromatic nitrogens is 1. The summed E-state index contributed by atoms with van der Waals surface area (Å²) >= 11 is 0. The zero-order valence-electron chi connectivity index (χ0n) is 12.5. The molecule has 2 aromatic rings. The van der Waals surface area contributed by atoms with E-state index < -0.39 is 0 Å². The van der Waals surface area contributed by atoms with Gasteiger partial charge in [0.15, 0.2) is 0 Å². The molecule has 0 saturated carbocycles. The molecule has 0 saturated heterocycles. The molecule has 0 unspecified atom stereocenters. The van der Waals surface area contributed by atoms with Crippen molar-refractivity contribution in [3.63, 3.8) is 0 Å². The lowest BCUT2D eigenvalue weighted by molar-refractivity contribution is 0.0986. The molecule has 0 aliphatic heterocycles. The average molecular weight is 283 g/mol. The topological polar surface area (TPSA) is 59.2 Å². The van der Waals surface area contributed by atoms with Crippen LogP contribution in [0.1, 0.15) is 28.0 Å². The second kappa shape index (κ2) is 6.99. The standard InChI is InChI=1S/C17H21N3O/c1-13-6-3-7-15(12-13)20(11-5-9-18)17(21)16-8-4-10-19-14(16)2/h3-4,6-8,10,12H,5,9,11,18H2,1-2H3. The molecule has 0 bridgehead atoms. The first-order chi connectivity index (χ1) is 10.1. The zero-order valence-corrected chi connectivity index (χ0v) is 12.5. The van der Waals surface area contributed by atoms with Crippen LogP contribution in [-0.4, -0.2) is 24.0 Å². The van der Waals surface area contributed by atoms with Gasteiger partial charge in [0.2, 0.25) is 0 Å². The minimum atomic E-state index is -0.0281. The Kier molecular flexibility index (Phi) is 5.06. The molecular weight excluding hydrogens is 262 g/mol. The first-order valence-corrected chi connectivity index (χ1v) is 7.13. The van der Waals surface area contributed by atoms with E-state index in [0.717, 1.165) is 23.4 Å². The number of rotatable bonds is 5. The number of aryl methyl sites for hydroxylation is 2. The maximum atomic E-state index is 12.8. The summed E-state index contributed by atoms with van der Waals surface area (Å²) in [5.41, 5.74) is 9.01. The van der Waals surface area contributed by atoms with Gasteiger partial charge in [0, 0.05) is 24.1 Å². The molecule has 2 rings (SSSR count). The SMILES string of the molecule is Cc1cccc(N(CCCN)C(=O)c2cccnc2C)c1. The highest BCUT2D eigenvalue weighted by molar-refractivity contribution is 6.06. The molecule has 1 amide bonds. The summed E-state index contributed by atoms with van der Waals surface area (Å²) in [5.74, 6) is -0.0281. The predicted octanol–water partition coefficient (Wildman–Crippen LogP) is 2.69. The van der Waals surface area contributed by atoms with Gasteiger partial charge in [-0.3, -0.25) is 9.78 Å². The lowest BCUT2D eigenvalue weighted by Gasteiger charge is -2.23. The molecule has 0 spiro atoms. The number of nitrogens with zero attached hydrogens (tertiary/aromatic N) is 2. The van der Waals surface area contributed by atoms with Crippen molar-refractivity contribution < 1.29 is 4.79 Å². The van der Waals surface area contributed by atoms with Crippen LogP contribution >= 0.6 is 0 Å². The lowest BCUT2D eigenvalue weighted by Crippen LogP contribution is -2.33. The Labute approximate surface area is 125 Å². The summed E-state index contributed by atoms with van der Waals surface area (Å²) in [6.07, 6.45) is 2.46. The first-order valence-electron chi connectivity index (χ1n) is 7.13. The van der Waals surface area contributed by atoms with Crippen LogP contribution in [0, 0.1) is 13.8 Å². The predicted molar refractivity (Wildman–Crippen MR) is 85.5 cm³/mol. The smallest absolute Gasteiger partial charge is 0.260 e. The first kappa shape index (κ1) is 15.2. The molecule has 1 aromatic heterocycles. The second-order valence-electron chi connectivity index (χ2n) is 5.07. The van der Waals surface area contributed by atoms with Gasteiger partial charge in [0.1, 0.15) is 0 Å². The van der Waals surface area contributed by atoms with Gasteiger partial charge < -0.3 is 10.6 Å². The normalized spacial score (nSPS) is 10.4. The van der Waals surface area contributed by atoms with E-state index >= 15 is 0 Å². The number of carbonyl (C=O) groups is 1. The highest BCUT2D eigenvalue weighted by atomic mass is 16.2. The summed E-state index contributed by atoms with van der Waals surface area (Å²) in [6, 6.07) is 11.6. The van der Waals surface area contributed by atoms with Gasteiger partial charge in [-0.15, -0.1) is 0 Å². The fourth-order valence-electron chi connectivity index (χ4n) is 2.25. The van der Waals surface area contributed by atoms with E-state index in [9.17, 15) is 4.79 Å². The maximum absolute atomic E-state index is 12.8. The van der Waals surface area contributed by atoms with Crippen molar-refractivity contribution in [2.24, 2.45) is 5.73 Å². The molecule has 21 heavy (non-hydrogen) atoms. The van der Waals surface area contributed by atoms with Crippen molar-refractivity contribution in [2.75, 3.05) is 18.0 Å². The molecular formula is C17H21N3O. The molecule has 1 aromatic carbocycles. The molecule has 4 heteroatoms. The van der Waals surface area contributed by atoms with Crippen LogP contribution in [-0.2, 0) is 0 Å². The molecule has 0 aliphatic rings. The minimum Gasteiger partial charge on any atom is -0.330 e. The fraction of sp³-hybridized carbons (Fsp3) is 0.294. The quantitative estimate of drug-likeness (QED) is 0.917. The lowest BCUT2D eigenvalue weighted by atomic mass is 10.1. The van der Waals surface area contributed by atoms with Gasteiger partial charge >= 0.3 is 0 Å². The third kappa shape index (κ3) is 3.67. The molecule has 2 N–H and O–H groups in total. The molecule has 110 valence electrons. The number of nitrogens with two attached hydrogens (primary N) is 1. The average Bonchev–Trinajstić information content (AvgIpc) is 2.48. The van der Waals surface area contributed by atoms with Gasteiger partial charge in [-0.05, 0) is 56.6 Å². The monoisotopic (exact) mass is 283 g/mol. The maximum Gasteiger partial charge on any atom is 0.260 e. The second-order valence-corrected chi connectivity index (χ2v) is 5.07. The number of amides is 1. The molecule has 0 aliphatic carbocycles. The van der Waals surface area contributed by atoms with Crippen LogP contribution in [0.25, 0.3) is 0 Å². The minimum absolute atomic E-state index is 0.0281. The zero-order chi connectivity index (χ0) is 15.2. The van der Waals surface area contributed by atoms with E-state index in [2.05, 4.69) is 4.98 Å². The summed E-state index contributed by atoms with van der Waals surface area (Å²) < 4.78 is 0. The summed E-state index contributed by atoms with van der Waals surface area (Å²) in [6.45, 7) is 5.03. The third-order valence-electron chi connectivity index (χ3n) is 3.38. The van der Waals surface area contributed by atoms with E-state index in [1.54, 1.807) is 17.2 Å². The van der Waals surface area contributed by atoms with Crippen LogP contribution in [0.15, 0.2) is 42.6 Å². The van der Waals surface area contributed by atoms with Gasteiger partial charge in [-0.2, -0.15) is 0 Å². The van der Waals surface area contributed by atoms with Gasteiger partial charge in [-0.1, -0.05) is 12.1 Å². The highest BCUT2D eigenvalue weighted by Crippen LogP contribution is 2.20. The van der Waals surface area contributed by atoms with Gasteiger partial charge in [-0.25, -0.2) is 0 Å². The van der Waals surface area contributed by atoms with Crippen molar-refractivity contribution in [1.82, 2.24) is 4.98 Å². The molecule has 0 fully saturated rings. The Hall–Kier alpha value is -2.20. The number of benzene rings is 1. The van der Waals surface area contributed by atoms with Crippen LogP contribution in [0.3, 0.4) is 0 Å². The summed E-state index contributed by atoms with van der Waals surface area (Å²) in [7, 11) is 0. The highest BCUT2D eigenvalue weighted by Gasteiger charge is 2.19. The third-order valence-corrected chi connectivity index (χ3v) is 3.38. The van der Waals surface area contributed by atoms with Crippen molar-refractivity contribution in [3.05, 3.63) is 59.4 Å². The number of hydrogen-bond donors (Lipinski definition) is 1. The van der Waals surface area contributed by atoms with Crippen LogP contribution < -0.4 is 10.6 Å². The molecule has 1 heterocycles. The Morgan fingerprint density at radius 3 is 2.71 bits per heavy atom. The van der Waals surface area contributed by atoms with E-state index in [1.807, 2.05) is 44.2 Å². The van der Waals surface area contributed by atoms with E-state index in [4.69, 9.17) is 5.73 Å². The van der Waals surface area contributed by atoms with Crippen LogP contribution in [0.5, 0.6) is 0 Å². The summed E-state index contributed by atoms with van der Waals surface area (Å²) in [4.78, 5) is 18.8. The Balaban J connectivity index is 2.36. The number of carbonyl (C=O) groups excluding carboxylic acids is 1. The molecule has 4 nitrogen and oxygen atoms in total. The molecule has 0 radical (unpaired) electrons. The van der Waals surface area contributed by atoms with E-state index in [-0.39, 0.29) is 5.91 Å². The number of hydrogen-bond acceptors (Lipinski definition) is 3. The van der Waals surface area contributed by atoms with Crippen LogP contribution in [0.4, 0.5) is 5.69 Å². The van der Waals surface area contributed by atoms with Crippen LogP contribution in [0.2, 0.25) is 0 Å². The van der Waals surface area contributed by atoms with E-state index in [0.29, 0.717) is 18.7 Å². The van der Waals surface area contributed by atoms with Gasteiger partial charge in [0.25, 0.3) is 5.91 Å². The van der Waals surface area contributed by atoms with Crippen molar-refractivity contribution in [2.45, 2.75) is 20.3 Å². The number of anilines is 1.